The average Bonchev–Trinajstić information content (AvgIpc) is 3.73. The Morgan fingerprint density at radius 3 is 2.68 bits per heavy atom. The van der Waals surface area contributed by atoms with E-state index in [2.05, 4.69) is 20.6 Å². The second-order valence-electron chi connectivity index (χ2n) is 8.22. The number of anilines is 1. The molecule has 0 saturated heterocycles. The van der Waals surface area contributed by atoms with Gasteiger partial charge in [0.15, 0.2) is 5.82 Å². The standard InChI is InChI=1S/C27H24N6O4S/c1-19-29-30-25(37-19)21-9-5-10-22(17-21)33-14-12-24(31-33)32(26(34)23-11-6-16-38-23)15-13-28-27(35)36-18-20-7-3-2-4-8-20/h2-12,14,16-17H,13,15,18H2,1H3,(H,28,35). The molecule has 1 N–H and O–H groups in total. The number of benzene rings is 2. The van der Waals surface area contributed by atoms with Crippen LogP contribution >= 0.6 is 11.3 Å². The van der Waals surface area contributed by atoms with Gasteiger partial charge in [-0.1, -0.05) is 42.5 Å². The number of ether oxygens (including phenoxy) is 1. The molecule has 11 heteroatoms. The van der Waals surface area contributed by atoms with Crippen molar-refractivity contribution in [2.45, 2.75) is 13.5 Å². The zero-order chi connectivity index (χ0) is 26.3. The van der Waals surface area contributed by atoms with Crippen LogP contribution in [0.25, 0.3) is 17.1 Å². The second kappa shape index (κ2) is 11.5. The third kappa shape index (κ3) is 5.95. The van der Waals surface area contributed by atoms with Crippen molar-refractivity contribution < 1.29 is 18.7 Å². The summed E-state index contributed by atoms with van der Waals surface area (Å²) in [4.78, 5) is 27.6. The Labute approximate surface area is 222 Å². The normalized spacial score (nSPS) is 10.8. The molecule has 0 bridgehead atoms. The largest absolute Gasteiger partial charge is 0.445 e. The van der Waals surface area contributed by atoms with Gasteiger partial charge in [0.05, 0.1) is 10.6 Å². The van der Waals surface area contributed by atoms with Crippen molar-refractivity contribution in [1.82, 2.24) is 25.3 Å². The van der Waals surface area contributed by atoms with Crippen LogP contribution in [0.1, 0.15) is 21.1 Å². The molecule has 3 aromatic heterocycles. The summed E-state index contributed by atoms with van der Waals surface area (Å²) in [7, 11) is 0. The first kappa shape index (κ1) is 24.9. The molecule has 0 radical (unpaired) electrons. The Morgan fingerprint density at radius 1 is 1.05 bits per heavy atom. The number of hydrogen-bond donors (Lipinski definition) is 1. The number of aromatic nitrogens is 4. The predicted octanol–water partition coefficient (Wildman–Crippen LogP) is 4.87. The molecule has 38 heavy (non-hydrogen) atoms. The molecule has 2 amide bonds. The van der Waals surface area contributed by atoms with Crippen LogP contribution < -0.4 is 10.2 Å². The number of nitrogens with one attached hydrogen (secondary N) is 1. The first-order valence-electron chi connectivity index (χ1n) is 11.8. The summed E-state index contributed by atoms with van der Waals surface area (Å²) in [6.45, 7) is 2.29. The fourth-order valence-corrected chi connectivity index (χ4v) is 4.37. The number of nitrogens with zero attached hydrogens (tertiary/aromatic N) is 5. The molecular formula is C27H24N6O4S. The minimum Gasteiger partial charge on any atom is -0.445 e. The highest BCUT2D eigenvalue weighted by molar-refractivity contribution is 7.12. The highest BCUT2D eigenvalue weighted by atomic mass is 32.1. The van der Waals surface area contributed by atoms with E-state index in [0.717, 1.165) is 16.8 Å². The molecule has 5 rings (SSSR count). The van der Waals surface area contributed by atoms with E-state index < -0.39 is 6.09 Å². The molecular weight excluding hydrogens is 504 g/mol. The van der Waals surface area contributed by atoms with Crippen molar-refractivity contribution in [2.24, 2.45) is 0 Å². The molecule has 5 aromatic rings. The lowest BCUT2D eigenvalue weighted by Gasteiger charge is -2.20. The molecule has 0 atom stereocenters. The number of rotatable bonds is 9. The summed E-state index contributed by atoms with van der Waals surface area (Å²) < 4.78 is 12.5. The third-order valence-corrected chi connectivity index (χ3v) is 6.39. The number of alkyl carbamates (subject to hydrolysis) is 1. The minimum absolute atomic E-state index is 0.164. The van der Waals surface area contributed by atoms with Gasteiger partial charge < -0.3 is 14.5 Å². The lowest BCUT2D eigenvalue weighted by molar-refractivity contribution is 0.0988. The fraction of sp³-hybridized carbons (Fsp3) is 0.148. The van der Waals surface area contributed by atoms with Crippen LogP contribution in [0.15, 0.2) is 88.8 Å². The number of carbonyl (C=O) groups is 2. The molecule has 192 valence electrons. The zero-order valence-electron chi connectivity index (χ0n) is 20.5. The van der Waals surface area contributed by atoms with E-state index in [1.54, 1.807) is 29.9 Å². The zero-order valence-corrected chi connectivity index (χ0v) is 21.3. The Kier molecular flexibility index (Phi) is 7.55. The van der Waals surface area contributed by atoms with E-state index in [0.29, 0.717) is 22.5 Å². The van der Waals surface area contributed by atoms with Gasteiger partial charge in [-0.15, -0.1) is 26.6 Å². The summed E-state index contributed by atoms with van der Waals surface area (Å²) >= 11 is 1.34. The monoisotopic (exact) mass is 528 g/mol. The Balaban J connectivity index is 1.29. The van der Waals surface area contributed by atoms with Crippen LogP contribution in [-0.2, 0) is 11.3 Å². The lowest BCUT2D eigenvalue weighted by atomic mass is 10.2. The fourth-order valence-electron chi connectivity index (χ4n) is 3.69. The maximum atomic E-state index is 13.3. The summed E-state index contributed by atoms with van der Waals surface area (Å²) in [5, 5.41) is 17.1. The maximum absolute atomic E-state index is 13.3. The van der Waals surface area contributed by atoms with E-state index in [1.165, 1.54) is 16.2 Å². The smallest absolute Gasteiger partial charge is 0.407 e. The van der Waals surface area contributed by atoms with E-state index in [1.807, 2.05) is 66.0 Å². The highest BCUT2D eigenvalue weighted by Crippen LogP contribution is 2.23. The quantitative estimate of drug-likeness (QED) is 0.290. The van der Waals surface area contributed by atoms with Crippen LogP contribution in [-0.4, -0.2) is 45.1 Å². The van der Waals surface area contributed by atoms with Gasteiger partial charge >= 0.3 is 6.09 Å². The highest BCUT2D eigenvalue weighted by Gasteiger charge is 2.21. The van der Waals surface area contributed by atoms with Crippen molar-refractivity contribution in [1.29, 1.82) is 0 Å². The van der Waals surface area contributed by atoms with Crippen LogP contribution in [0.2, 0.25) is 0 Å². The second-order valence-corrected chi connectivity index (χ2v) is 9.17. The SMILES string of the molecule is Cc1nnc(-c2cccc(-n3ccc(N(CCNC(=O)OCc4ccccc4)C(=O)c4cccs4)n3)c2)o1. The molecule has 3 heterocycles. The Morgan fingerprint density at radius 2 is 1.92 bits per heavy atom. The van der Waals surface area contributed by atoms with Crippen LogP contribution in [0.4, 0.5) is 10.6 Å². The van der Waals surface area contributed by atoms with Crippen molar-refractivity contribution in [3.05, 3.63) is 101 Å². The van der Waals surface area contributed by atoms with Gasteiger partial charge in [-0.2, -0.15) is 0 Å². The molecule has 10 nitrogen and oxygen atoms in total. The van der Waals surface area contributed by atoms with Gasteiger partial charge in [0, 0.05) is 37.8 Å². The van der Waals surface area contributed by atoms with Crippen LogP contribution in [0.3, 0.4) is 0 Å². The summed E-state index contributed by atoms with van der Waals surface area (Å²) in [6, 6.07) is 22.2. The number of thiophene rings is 1. The van der Waals surface area contributed by atoms with Crippen molar-refractivity contribution in [3.8, 4) is 17.1 Å². The summed E-state index contributed by atoms with van der Waals surface area (Å²) in [6.07, 6.45) is 1.21. The van der Waals surface area contributed by atoms with Gasteiger partial charge in [0.2, 0.25) is 11.8 Å². The van der Waals surface area contributed by atoms with Gasteiger partial charge in [-0.3, -0.25) is 9.69 Å². The number of carbonyl (C=O) groups excluding carboxylic acids is 2. The average molecular weight is 529 g/mol. The maximum Gasteiger partial charge on any atom is 0.407 e. The predicted molar refractivity (Wildman–Crippen MR) is 142 cm³/mol. The third-order valence-electron chi connectivity index (χ3n) is 5.53. The van der Waals surface area contributed by atoms with Gasteiger partial charge in [-0.25, -0.2) is 9.48 Å². The van der Waals surface area contributed by atoms with Crippen molar-refractivity contribution >= 4 is 29.2 Å². The molecule has 0 aliphatic carbocycles. The first-order valence-corrected chi connectivity index (χ1v) is 12.7. The summed E-state index contributed by atoms with van der Waals surface area (Å²) in [5.74, 6) is 1.13. The number of amides is 2. The summed E-state index contributed by atoms with van der Waals surface area (Å²) in [5.41, 5.74) is 2.40. The molecule has 0 fully saturated rings. The molecule has 0 saturated carbocycles. The topological polar surface area (TPSA) is 115 Å². The van der Waals surface area contributed by atoms with E-state index in [9.17, 15) is 9.59 Å². The van der Waals surface area contributed by atoms with Crippen LogP contribution in [0.5, 0.6) is 0 Å². The van der Waals surface area contributed by atoms with E-state index in [-0.39, 0.29) is 25.6 Å². The van der Waals surface area contributed by atoms with Crippen molar-refractivity contribution in [3.63, 3.8) is 0 Å². The minimum atomic E-state index is -0.559. The molecule has 2 aromatic carbocycles. The number of hydrogen-bond acceptors (Lipinski definition) is 8. The Bertz CT molecular complexity index is 1510. The molecule has 0 spiro atoms. The van der Waals surface area contributed by atoms with Crippen LogP contribution in [0, 0.1) is 6.92 Å². The molecule has 0 unspecified atom stereocenters. The van der Waals surface area contributed by atoms with Gasteiger partial charge in [-0.05, 0) is 35.2 Å². The van der Waals surface area contributed by atoms with Gasteiger partial charge in [0.1, 0.15) is 6.61 Å². The first-order chi connectivity index (χ1) is 18.6. The van der Waals surface area contributed by atoms with E-state index >= 15 is 0 Å². The lowest BCUT2D eigenvalue weighted by Crippen LogP contribution is -2.39. The number of aryl methyl sites for hydroxylation is 1. The van der Waals surface area contributed by atoms with Gasteiger partial charge in [0.25, 0.3) is 5.91 Å². The van der Waals surface area contributed by atoms with E-state index in [4.69, 9.17) is 9.15 Å². The molecule has 0 aliphatic heterocycles. The Hall–Kier alpha value is -4.77. The molecule has 0 aliphatic rings. The van der Waals surface area contributed by atoms with Crippen molar-refractivity contribution in [2.75, 3.05) is 18.0 Å².